The highest BCUT2D eigenvalue weighted by Crippen LogP contribution is 1.91. The average molecular weight is 103 g/mol. The third-order valence-corrected chi connectivity index (χ3v) is 0.774. The first kappa shape index (κ1) is 5.80. The quantitative estimate of drug-likeness (QED) is 0.401. The van der Waals surface area contributed by atoms with E-state index in [2.05, 4.69) is 0 Å². The van der Waals surface area contributed by atoms with Crippen molar-refractivity contribution in [3.63, 3.8) is 0 Å². The standard InChI is InChI=1S/C3H5NOS/c4-1-2-6-3-5/h5H,2-3H2. The van der Waals surface area contributed by atoms with Gasteiger partial charge in [0.1, 0.15) is 0 Å². The molecule has 6 heavy (non-hydrogen) atoms. The Morgan fingerprint density at radius 2 is 2.50 bits per heavy atom. The predicted octanol–water partition coefficient (Wildman–Crippen LogP) is 0.193. The van der Waals surface area contributed by atoms with Crippen molar-refractivity contribution in [2.24, 2.45) is 0 Å². The molecular weight excluding hydrogens is 98.1 g/mol. The van der Waals surface area contributed by atoms with Gasteiger partial charge in [0.2, 0.25) is 0 Å². The van der Waals surface area contributed by atoms with Crippen molar-refractivity contribution in [1.29, 1.82) is 5.26 Å². The van der Waals surface area contributed by atoms with E-state index in [1.54, 1.807) is 0 Å². The minimum absolute atomic E-state index is 0.0492. The van der Waals surface area contributed by atoms with Crippen LogP contribution in [0.25, 0.3) is 0 Å². The van der Waals surface area contributed by atoms with Crippen LogP contribution in [-0.4, -0.2) is 16.8 Å². The smallest absolute Gasteiger partial charge is 0.0896 e. The SMILES string of the molecule is N#CCSCO. The van der Waals surface area contributed by atoms with Crippen molar-refractivity contribution < 1.29 is 5.11 Å². The van der Waals surface area contributed by atoms with E-state index in [-0.39, 0.29) is 5.94 Å². The van der Waals surface area contributed by atoms with Gasteiger partial charge in [0.05, 0.1) is 17.8 Å². The van der Waals surface area contributed by atoms with Crippen LogP contribution < -0.4 is 0 Å². The Kier molecular flexibility index (Phi) is 4.64. The van der Waals surface area contributed by atoms with Gasteiger partial charge in [0.25, 0.3) is 0 Å². The molecule has 0 aromatic rings. The number of aliphatic hydroxyl groups excluding tert-OH is 1. The van der Waals surface area contributed by atoms with Crippen LogP contribution in [0.3, 0.4) is 0 Å². The van der Waals surface area contributed by atoms with E-state index >= 15 is 0 Å². The molecule has 0 aromatic heterocycles. The number of hydrogen-bond acceptors (Lipinski definition) is 3. The van der Waals surface area contributed by atoms with Gasteiger partial charge < -0.3 is 5.11 Å². The Morgan fingerprint density at radius 3 is 2.67 bits per heavy atom. The zero-order chi connectivity index (χ0) is 4.83. The molecule has 0 atom stereocenters. The summed E-state index contributed by atoms with van der Waals surface area (Å²) >= 11 is 1.20. The highest BCUT2D eigenvalue weighted by Gasteiger charge is 1.74. The normalized spacial score (nSPS) is 7.33. The molecule has 34 valence electrons. The van der Waals surface area contributed by atoms with E-state index in [9.17, 15) is 0 Å². The molecule has 0 amide bonds. The first-order valence-corrected chi connectivity index (χ1v) is 2.63. The molecule has 0 aliphatic rings. The zero-order valence-corrected chi connectivity index (χ0v) is 4.03. The van der Waals surface area contributed by atoms with Gasteiger partial charge in [0.15, 0.2) is 0 Å². The average Bonchev–Trinajstić information content (AvgIpc) is 1.61. The van der Waals surface area contributed by atoms with E-state index in [1.165, 1.54) is 11.8 Å². The Balaban J connectivity index is 2.54. The van der Waals surface area contributed by atoms with Crippen LogP contribution in [-0.2, 0) is 0 Å². The van der Waals surface area contributed by atoms with Crippen molar-refractivity contribution in [3.05, 3.63) is 0 Å². The van der Waals surface area contributed by atoms with E-state index < -0.39 is 0 Å². The fraction of sp³-hybridized carbons (Fsp3) is 0.667. The molecule has 0 rings (SSSR count). The van der Waals surface area contributed by atoms with Gasteiger partial charge in [0, 0.05) is 0 Å². The van der Waals surface area contributed by atoms with Gasteiger partial charge in [-0.3, -0.25) is 0 Å². The molecule has 0 spiro atoms. The summed E-state index contributed by atoms with van der Waals surface area (Å²) in [7, 11) is 0. The maximum atomic E-state index is 8.01. The Hall–Kier alpha value is -0.200. The summed E-state index contributed by atoms with van der Waals surface area (Å²) in [5.41, 5.74) is 0. The monoisotopic (exact) mass is 103 g/mol. The molecule has 0 radical (unpaired) electrons. The van der Waals surface area contributed by atoms with Crippen LogP contribution in [0.4, 0.5) is 0 Å². The van der Waals surface area contributed by atoms with Gasteiger partial charge in [-0.2, -0.15) is 5.26 Å². The number of aliphatic hydroxyl groups is 1. The van der Waals surface area contributed by atoms with Crippen LogP contribution in [0, 0.1) is 11.3 Å². The van der Waals surface area contributed by atoms with E-state index in [0.717, 1.165) is 0 Å². The number of hydrogen-bond donors (Lipinski definition) is 1. The van der Waals surface area contributed by atoms with Crippen molar-refractivity contribution >= 4 is 11.8 Å². The van der Waals surface area contributed by atoms with Gasteiger partial charge >= 0.3 is 0 Å². The third kappa shape index (κ3) is 3.80. The van der Waals surface area contributed by atoms with Gasteiger partial charge in [-0.25, -0.2) is 0 Å². The molecule has 3 heteroatoms. The summed E-state index contributed by atoms with van der Waals surface area (Å²) in [4.78, 5) is 0. The lowest BCUT2D eigenvalue weighted by Gasteiger charge is -1.78. The van der Waals surface area contributed by atoms with Crippen molar-refractivity contribution in [2.75, 3.05) is 11.7 Å². The Labute approximate surface area is 40.8 Å². The summed E-state index contributed by atoms with van der Waals surface area (Å²) < 4.78 is 0. The molecule has 2 nitrogen and oxygen atoms in total. The molecule has 0 aromatic carbocycles. The first-order chi connectivity index (χ1) is 2.91. The van der Waals surface area contributed by atoms with Crippen molar-refractivity contribution in [2.45, 2.75) is 0 Å². The Morgan fingerprint density at radius 1 is 1.83 bits per heavy atom. The van der Waals surface area contributed by atoms with Crippen molar-refractivity contribution in [1.82, 2.24) is 0 Å². The lowest BCUT2D eigenvalue weighted by molar-refractivity contribution is 0.375. The predicted molar refractivity (Wildman–Crippen MR) is 25.2 cm³/mol. The summed E-state index contributed by atoms with van der Waals surface area (Å²) in [6.07, 6.45) is 0. The van der Waals surface area contributed by atoms with Crippen LogP contribution in [0.1, 0.15) is 0 Å². The molecule has 0 heterocycles. The number of thioether (sulfide) groups is 1. The minimum atomic E-state index is 0.0492. The maximum Gasteiger partial charge on any atom is 0.0896 e. The third-order valence-electron chi connectivity index (χ3n) is 0.258. The summed E-state index contributed by atoms with van der Waals surface area (Å²) in [5, 5.41) is 15.8. The lowest BCUT2D eigenvalue weighted by Crippen LogP contribution is -1.72. The molecule has 0 aliphatic heterocycles. The largest absolute Gasteiger partial charge is 0.386 e. The van der Waals surface area contributed by atoms with Gasteiger partial charge in [-0.15, -0.1) is 11.8 Å². The second-order valence-corrected chi connectivity index (χ2v) is 1.59. The maximum absolute atomic E-state index is 8.01. The summed E-state index contributed by atoms with van der Waals surface area (Å²) in [6.45, 7) is 0. The van der Waals surface area contributed by atoms with Crippen LogP contribution in [0.15, 0.2) is 0 Å². The van der Waals surface area contributed by atoms with E-state index in [1.807, 2.05) is 6.07 Å². The van der Waals surface area contributed by atoms with Gasteiger partial charge in [-0.1, -0.05) is 0 Å². The van der Waals surface area contributed by atoms with Crippen LogP contribution >= 0.6 is 11.8 Å². The fourth-order valence-corrected chi connectivity index (χ4v) is 0.274. The minimum Gasteiger partial charge on any atom is -0.386 e. The molecule has 0 saturated carbocycles. The lowest BCUT2D eigenvalue weighted by atomic mass is 10.9. The molecule has 0 aliphatic carbocycles. The van der Waals surface area contributed by atoms with Crippen LogP contribution in [0.5, 0.6) is 0 Å². The van der Waals surface area contributed by atoms with E-state index in [0.29, 0.717) is 5.75 Å². The highest BCUT2D eigenvalue weighted by atomic mass is 32.2. The fourth-order valence-electron chi connectivity index (χ4n) is 0.0913. The first-order valence-electron chi connectivity index (χ1n) is 1.47. The van der Waals surface area contributed by atoms with E-state index in [4.69, 9.17) is 10.4 Å². The molecular formula is C3H5NOS. The number of nitriles is 1. The van der Waals surface area contributed by atoms with Crippen LogP contribution in [0.2, 0.25) is 0 Å². The van der Waals surface area contributed by atoms with Crippen molar-refractivity contribution in [3.8, 4) is 6.07 Å². The summed E-state index contributed by atoms with van der Waals surface area (Å²) in [5.74, 6) is 0.435. The second kappa shape index (κ2) is 4.80. The number of rotatable bonds is 2. The molecule has 0 fully saturated rings. The van der Waals surface area contributed by atoms with Gasteiger partial charge in [-0.05, 0) is 0 Å². The molecule has 0 bridgehead atoms. The summed E-state index contributed by atoms with van der Waals surface area (Å²) in [6, 6.07) is 1.87. The molecule has 1 N–H and O–H groups in total. The molecule has 0 unspecified atom stereocenters. The second-order valence-electron chi connectivity index (χ2n) is 0.636. The topological polar surface area (TPSA) is 44.0 Å². The zero-order valence-electron chi connectivity index (χ0n) is 3.22. The number of nitrogens with zero attached hydrogens (tertiary/aromatic N) is 1. The Bertz CT molecular complexity index is 58.3. The molecule has 0 saturated heterocycles. The highest BCUT2D eigenvalue weighted by molar-refractivity contribution is 7.99.